The monoisotopic (exact) mass is 404 g/mol. The van der Waals surface area contributed by atoms with Crippen LogP contribution in [0.1, 0.15) is 37.7 Å². The van der Waals surface area contributed by atoms with E-state index in [1.807, 2.05) is 25.1 Å². The van der Waals surface area contributed by atoms with Gasteiger partial charge in [-0.2, -0.15) is 4.68 Å². The highest BCUT2D eigenvalue weighted by atomic mass is 32.2. The number of amides is 3. The van der Waals surface area contributed by atoms with Crippen molar-refractivity contribution in [1.82, 2.24) is 30.8 Å². The van der Waals surface area contributed by atoms with Crippen molar-refractivity contribution >= 4 is 23.7 Å². The lowest BCUT2D eigenvalue weighted by atomic mass is 9.96. The zero-order valence-electron chi connectivity index (χ0n) is 16.0. The van der Waals surface area contributed by atoms with Gasteiger partial charge in [0.05, 0.1) is 12.9 Å². The van der Waals surface area contributed by atoms with Crippen LogP contribution in [0.3, 0.4) is 0 Å². The molecule has 1 aliphatic carbocycles. The van der Waals surface area contributed by atoms with E-state index in [2.05, 4.69) is 26.2 Å². The third kappa shape index (κ3) is 5.22. The van der Waals surface area contributed by atoms with Crippen LogP contribution in [0.15, 0.2) is 23.4 Å². The number of rotatable bonds is 6. The van der Waals surface area contributed by atoms with Crippen LogP contribution < -0.4 is 15.4 Å². The second-order valence-corrected chi connectivity index (χ2v) is 7.64. The quantitative estimate of drug-likeness (QED) is 0.710. The first-order valence-electron chi connectivity index (χ1n) is 9.23. The highest BCUT2D eigenvalue weighted by Crippen LogP contribution is 2.26. The van der Waals surface area contributed by atoms with Crippen molar-refractivity contribution in [2.75, 3.05) is 12.9 Å². The van der Waals surface area contributed by atoms with Crippen molar-refractivity contribution in [2.45, 2.75) is 50.2 Å². The van der Waals surface area contributed by atoms with Crippen molar-refractivity contribution in [3.05, 3.63) is 23.8 Å². The van der Waals surface area contributed by atoms with Gasteiger partial charge in [-0.25, -0.2) is 4.79 Å². The van der Waals surface area contributed by atoms with E-state index in [9.17, 15) is 9.59 Å². The third-order valence-corrected chi connectivity index (χ3v) is 5.45. The molecule has 1 saturated carbocycles. The molecule has 3 rings (SSSR count). The Bertz CT molecular complexity index is 834. The first kappa shape index (κ1) is 20.1. The standard InChI is InChI=1S/C18H24N6O3S/c1-12-8-9-15(27-2)14(10-12)24-18(21-22-23-24)28-11-16(25)20-17(26)19-13-6-4-3-5-7-13/h8-10,13H,3-7,11H2,1-2H3,(H2,19,20,25,26). The highest BCUT2D eigenvalue weighted by molar-refractivity contribution is 7.99. The molecule has 1 aromatic heterocycles. The number of benzene rings is 1. The number of tetrazole rings is 1. The number of methoxy groups -OCH3 is 1. The summed E-state index contributed by atoms with van der Waals surface area (Å²) in [5, 5.41) is 17.3. The largest absolute Gasteiger partial charge is 0.494 e. The Morgan fingerprint density at radius 2 is 2.07 bits per heavy atom. The minimum Gasteiger partial charge on any atom is -0.494 e. The van der Waals surface area contributed by atoms with E-state index in [0.29, 0.717) is 16.6 Å². The summed E-state index contributed by atoms with van der Waals surface area (Å²) in [5.41, 5.74) is 1.71. The van der Waals surface area contributed by atoms with Gasteiger partial charge < -0.3 is 10.1 Å². The second-order valence-electron chi connectivity index (χ2n) is 6.69. The smallest absolute Gasteiger partial charge is 0.321 e. The molecule has 1 aliphatic rings. The van der Waals surface area contributed by atoms with Crippen LogP contribution in [-0.4, -0.2) is 51.1 Å². The number of imide groups is 1. The topological polar surface area (TPSA) is 111 Å². The molecule has 0 spiro atoms. The van der Waals surface area contributed by atoms with Gasteiger partial charge in [-0.1, -0.05) is 37.1 Å². The molecule has 150 valence electrons. The fourth-order valence-electron chi connectivity index (χ4n) is 3.15. The molecule has 1 aromatic carbocycles. The number of urea groups is 1. The number of carbonyl (C=O) groups is 2. The Morgan fingerprint density at radius 3 is 2.82 bits per heavy atom. The molecule has 9 nitrogen and oxygen atoms in total. The lowest BCUT2D eigenvalue weighted by Gasteiger charge is -2.22. The number of nitrogens with zero attached hydrogens (tertiary/aromatic N) is 4. The minimum absolute atomic E-state index is 0.0204. The molecule has 2 N–H and O–H groups in total. The second kappa shape index (κ2) is 9.54. The molecule has 1 fully saturated rings. The number of thioether (sulfide) groups is 1. The molecular formula is C18H24N6O3S. The molecule has 3 amide bonds. The Kier molecular flexibility index (Phi) is 6.85. The summed E-state index contributed by atoms with van der Waals surface area (Å²) in [6, 6.07) is 5.37. The number of nitrogens with one attached hydrogen (secondary N) is 2. The number of ether oxygens (including phenoxy) is 1. The van der Waals surface area contributed by atoms with E-state index in [1.54, 1.807) is 7.11 Å². The minimum atomic E-state index is -0.447. The normalized spacial score (nSPS) is 14.5. The summed E-state index contributed by atoms with van der Waals surface area (Å²) in [5.74, 6) is 0.243. The average Bonchev–Trinajstić information content (AvgIpc) is 3.15. The summed E-state index contributed by atoms with van der Waals surface area (Å²) in [4.78, 5) is 24.1. The zero-order valence-corrected chi connectivity index (χ0v) is 16.8. The summed E-state index contributed by atoms with van der Waals surface area (Å²) in [6.07, 6.45) is 5.35. The average molecular weight is 404 g/mol. The van der Waals surface area contributed by atoms with E-state index in [0.717, 1.165) is 43.0 Å². The Balaban J connectivity index is 1.57. The van der Waals surface area contributed by atoms with Gasteiger partial charge in [-0.3, -0.25) is 10.1 Å². The van der Waals surface area contributed by atoms with E-state index in [-0.39, 0.29) is 11.8 Å². The molecule has 0 unspecified atom stereocenters. The third-order valence-electron chi connectivity index (χ3n) is 4.53. The Morgan fingerprint density at radius 1 is 1.29 bits per heavy atom. The number of carbonyl (C=O) groups excluding carboxylic acids is 2. The number of hydrogen-bond donors (Lipinski definition) is 2. The summed E-state index contributed by atoms with van der Waals surface area (Å²) < 4.78 is 6.89. The van der Waals surface area contributed by atoms with Crippen LogP contribution in [0.2, 0.25) is 0 Å². The molecule has 0 aliphatic heterocycles. The van der Waals surface area contributed by atoms with Crippen molar-refractivity contribution in [3.8, 4) is 11.4 Å². The van der Waals surface area contributed by atoms with Gasteiger partial charge in [-0.15, -0.1) is 5.10 Å². The Labute approximate surface area is 167 Å². The van der Waals surface area contributed by atoms with Crippen LogP contribution in [-0.2, 0) is 4.79 Å². The molecular weight excluding hydrogens is 380 g/mol. The maximum absolute atomic E-state index is 12.1. The van der Waals surface area contributed by atoms with Crippen molar-refractivity contribution < 1.29 is 14.3 Å². The summed E-state index contributed by atoms with van der Waals surface area (Å²) in [6.45, 7) is 1.96. The van der Waals surface area contributed by atoms with Crippen LogP contribution in [0.25, 0.3) is 5.69 Å². The van der Waals surface area contributed by atoms with Crippen molar-refractivity contribution in [2.24, 2.45) is 0 Å². The van der Waals surface area contributed by atoms with E-state index in [1.165, 1.54) is 11.1 Å². The maximum Gasteiger partial charge on any atom is 0.321 e. The zero-order chi connectivity index (χ0) is 19.9. The van der Waals surface area contributed by atoms with Crippen molar-refractivity contribution in [1.29, 1.82) is 0 Å². The lowest BCUT2D eigenvalue weighted by molar-refractivity contribution is -0.117. The summed E-state index contributed by atoms with van der Waals surface area (Å²) >= 11 is 1.15. The molecule has 28 heavy (non-hydrogen) atoms. The van der Waals surface area contributed by atoms with E-state index < -0.39 is 11.9 Å². The molecule has 2 aromatic rings. The van der Waals surface area contributed by atoms with E-state index in [4.69, 9.17) is 4.74 Å². The maximum atomic E-state index is 12.1. The van der Waals surface area contributed by atoms with Gasteiger partial charge in [0.15, 0.2) is 0 Å². The fraction of sp³-hybridized carbons (Fsp3) is 0.500. The van der Waals surface area contributed by atoms with Crippen LogP contribution in [0, 0.1) is 6.92 Å². The Hall–Kier alpha value is -2.62. The van der Waals surface area contributed by atoms with Crippen molar-refractivity contribution in [3.63, 3.8) is 0 Å². The lowest BCUT2D eigenvalue weighted by Crippen LogP contribution is -2.45. The van der Waals surface area contributed by atoms with Crippen LogP contribution >= 0.6 is 11.8 Å². The highest BCUT2D eigenvalue weighted by Gasteiger charge is 2.18. The first-order valence-corrected chi connectivity index (χ1v) is 10.2. The predicted molar refractivity (Wildman–Crippen MR) is 105 cm³/mol. The molecule has 0 atom stereocenters. The first-order chi connectivity index (χ1) is 13.6. The fourth-order valence-corrected chi connectivity index (χ4v) is 3.83. The number of aryl methyl sites for hydroxylation is 1. The van der Waals surface area contributed by atoms with Gasteiger partial charge in [-0.05, 0) is 47.9 Å². The molecule has 0 saturated heterocycles. The number of aromatic nitrogens is 4. The van der Waals surface area contributed by atoms with Gasteiger partial charge in [0.25, 0.3) is 0 Å². The van der Waals surface area contributed by atoms with Gasteiger partial charge in [0.1, 0.15) is 11.4 Å². The van der Waals surface area contributed by atoms with Gasteiger partial charge in [0.2, 0.25) is 11.1 Å². The van der Waals surface area contributed by atoms with Crippen LogP contribution in [0.4, 0.5) is 4.79 Å². The van der Waals surface area contributed by atoms with E-state index >= 15 is 0 Å². The SMILES string of the molecule is COc1ccc(C)cc1-n1nnnc1SCC(=O)NC(=O)NC1CCCCC1. The van der Waals surface area contributed by atoms with Gasteiger partial charge >= 0.3 is 6.03 Å². The molecule has 10 heteroatoms. The molecule has 0 radical (unpaired) electrons. The van der Waals surface area contributed by atoms with Crippen LogP contribution in [0.5, 0.6) is 5.75 Å². The predicted octanol–water partition coefficient (Wildman–Crippen LogP) is 2.23. The molecule has 0 bridgehead atoms. The molecule has 1 heterocycles. The number of hydrogen-bond acceptors (Lipinski definition) is 7. The van der Waals surface area contributed by atoms with Gasteiger partial charge in [0, 0.05) is 6.04 Å². The summed E-state index contributed by atoms with van der Waals surface area (Å²) in [7, 11) is 1.57.